The lowest BCUT2D eigenvalue weighted by Crippen LogP contribution is -2.04. The van der Waals surface area contributed by atoms with Crippen molar-refractivity contribution >= 4 is 11.9 Å². The van der Waals surface area contributed by atoms with Crippen LogP contribution in [0, 0.1) is 0 Å². The highest BCUT2D eigenvalue weighted by Crippen LogP contribution is 2.16. The number of carbonyl (C=O) groups is 2. The molecule has 0 aliphatic rings. The van der Waals surface area contributed by atoms with Crippen LogP contribution in [0.3, 0.4) is 0 Å². The molecule has 6 heteroatoms. The summed E-state index contributed by atoms with van der Waals surface area (Å²) in [4.78, 5) is 20.9. The van der Waals surface area contributed by atoms with Crippen LogP contribution < -0.4 is 0 Å². The van der Waals surface area contributed by atoms with Crippen molar-refractivity contribution in [3.8, 4) is 0 Å². The maximum atomic E-state index is 10.6. The van der Waals surface area contributed by atoms with Gasteiger partial charge in [0.25, 0.3) is 0 Å². The zero-order valence-electron chi connectivity index (χ0n) is 7.06. The Hall–Kier alpha value is -1.82. The van der Waals surface area contributed by atoms with E-state index in [0.717, 1.165) is 6.07 Å². The van der Waals surface area contributed by atoms with Gasteiger partial charge in [-0.1, -0.05) is 0 Å². The van der Waals surface area contributed by atoms with Crippen molar-refractivity contribution in [1.82, 2.24) is 0 Å². The number of hydrogen-bond acceptors (Lipinski definition) is 4. The van der Waals surface area contributed by atoms with E-state index in [1.807, 2.05) is 0 Å². The summed E-state index contributed by atoms with van der Waals surface area (Å²) < 4.78 is 4.82. The first-order valence-corrected chi connectivity index (χ1v) is 3.72. The summed E-state index contributed by atoms with van der Waals surface area (Å²) in [7, 11) is 0. The minimum Gasteiger partial charge on any atom is -0.481 e. The lowest BCUT2D eigenvalue weighted by atomic mass is 10.2. The van der Waals surface area contributed by atoms with Gasteiger partial charge >= 0.3 is 11.9 Å². The molecule has 6 nitrogen and oxygen atoms in total. The molecule has 3 N–H and O–H groups in total. The third kappa shape index (κ3) is 2.11. The SMILES string of the molecule is O=C(O)Cc1oc(CO)cc1C(=O)O. The number of aromatic carboxylic acids is 1. The fourth-order valence-corrected chi connectivity index (χ4v) is 1.01. The lowest BCUT2D eigenvalue weighted by Gasteiger charge is -1.93. The van der Waals surface area contributed by atoms with Crippen LogP contribution in [0.15, 0.2) is 10.5 Å². The first-order chi connectivity index (χ1) is 6.54. The second-order valence-corrected chi connectivity index (χ2v) is 2.58. The van der Waals surface area contributed by atoms with Crippen molar-refractivity contribution in [3.05, 3.63) is 23.2 Å². The van der Waals surface area contributed by atoms with E-state index >= 15 is 0 Å². The number of carboxylic acids is 2. The maximum absolute atomic E-state index is 10.6. The van der Waals surface area contributed by atoms with Crippen LogP contribution in [0.1, 0.15) is 21.9 Å². The summed E-state index contributed by atoms with van der Waals surface area (Å²) >= 11 is 0. The molecular formula is C8H8O6. The normalized spacial score (nSPS) is 10.1. The van der Waals surface area contributed by atoms with Gasteiger partial charge in [-0.2, -0.15) is 0 Å². The van der Waals surface area contributed by atoms with Crippen molar-refractivity contribution in [2.45, 2.75) is 13.0 Å². The predicted octanol–water partition coefficient (Wildman–Crippen LogP) is 0.0972. The minimum atomic E-state index is -1.27. The molecule has 14 heavy (non-hydrogen) atoms. The molecule has 76 valence electrons. The molecule has 1 aromatic rings. The Bertz CT molecular complexity index is 364. The number of furan rings is 1. The van der Waals surface area contributed by atoms with E-state index in [2.05, 4.69) is 0 Å². The molecular weight excluding hydrogens is 192 g/mol. The average molecular weight is 200 g/mol. The van der Waals surface area contributed by atoms with Crippen molar-refractivity contribution in [2.24, 2.45) is 0 Å². The molecule has 0 radical (unpaired) electrons. The largest absolute Gasteiger partial charge is 0.481 e. The molecule has 0 spiro atoms. The third-order valence-electron chi connectivity index (χ3n) is 1.56. The van der Waals surface area contributed by atoms with Crippen LogP contribution in [0.2, 0.25) is 0 Å². The summed E-state index contributed by atoms with van der Waals surface area (Å²) in [6.07, 6.45) is -0.512. The van der Waals surface area contributed by atoms with Gasteiger partial charge in [-0.3, -0.25) is 4.79 Å². The van der Waals surface area contributed by atoms with E-state index in [1.54, 1.807) is 0 Å². The van der Waals surface area contributed by atoms with E-state index in [1.165, 1.54) is 0 Å². The highest BCUT2D eigenvalue weighted by atomic mass is 16.4. The molecule has 0 aromatic carbocycles. The fraction of sp³-hybridized carbons (Fsp3) is 0.250. The minimum absolute atomic E-state index is 0.0404. The molecule has 0 saturated heterocycles. The van der Waals surface area contributed by atoms with Gasteiger partial charge in [-0.05, 0) is 6.07 Å². The number of aliphatic hydroxyl groups is 1. The molecule has 1 aromatic heterocycles. The van der Waals surface area contributed by atoms with Crippen LogP contribution in [0.4, 0.5) is 0 Å². The smallest absolute Gasteiger partial charge is 0.339 e. The number of carboxylic acid groups (broad SMARTS) is 2. The van der Waals surface area contributed by atoms with Crippen molar-refractivity contribution < 1.29 is 29.3 Å². The van der Waals surface area contributed by atoms with E-state index in [9.17, 15) is 9.59 Å². The van der Waals surface area contributed by atoms with Crippen LogP contribution in [0.25, 0.3) is 0 Å². The Morgan fingerprint density at radius 2 is 2.00 bits per heavy atom. The fourth-order valence-electron chi connectivity index (χ4n) is 1.01. The quantitative estimate of drug-likeness (QED) is 0.635. The summed E-state index contributed by atoms with van der Waals surface area (Å²) in [5.41, 5.74) is -0.226. The molecule has 0 aliphatic heterocycles. The lowest BCUT2D eigenvalue weighted by molar-refractivity contribution is -0.136. The van der Waals surface area contributed by atoms with Gasteiger partial charge in [-0.15, -0.1) is 0 Å². The molecule has 0 aliphatic carbocycles. The Balaban J connectivity index is 3.05. The molecule has 0 amide bonds. The van der Waals surface area contributed by atoms with Crippen LogP contribution in [-0.4, -0.2) is 27.3 Å². The van der Waals surface area contributed by atoms with Gasteiger partial charge in [0, 0.05) is 0 Å². The van der Waals surface area contributed by atoms with Gasteiger partial charge in [0.2, 0.25) is 0 Å². The molecule has 0 bridgehead atoms. The van der Waals surface area contributed by atoms with Gasteiger partial charge in [0.1, 0.15) is 30.1 Å². The Morgan fingerprint density at radius 3 is 2.43 bits per heavy atom. The van der Waals surface area contributed by atoms with Gasteiger partial charge in [0.15, 0.2) is 0 Å². The van der Waals surface area contributed by atoms with Crippen molar-refractivity contribution in [3.63, 3.8) is 0 Å². The van der Waals surface area contributed by atoms with Crippen molar-refractivity contribution in [1.29, 1.82) is 0 Å². The van der Waals surface area contributed by atoms with Crippen LogP contribution >= 0.6 is 0 Å². The van der Waals surface area contributed by atoms with E-state index < -0.39 is 25.0 Å². The standard InChI is InChI=1S/C8H8O6/c9-3-4-1-5(8(12)13)6(14-4)2-7(10)11/h1,9H,2-3H2,(H,10,11)(H,12,13). The van der Waals surface area contributed by atoms with E-state index in [-0.39, 0.29) is 17.1 Å². The Labute approximate surface area is 78.4 Å². The van der Waals surface area contributed by atoms with Crippen molar-refractivity contribution in [2.75, 3.05) is 0 Å². The molecule has 0 atom stereocenters. The second-order valence-electron chi connectivity index (χ2n) is 2.58. The molecule has 1 heterocycles. The molecule has 0 unspecified atom stereocenters. The van der Waals surface area contributed by atoms with Gasteiger partial charge < -0.3 is 19.7 Å². The topological polar surface area (TPSA) is 108 Å². The number of hydrogen-bond donors (Lipinski definition) is 3. The predicted molar refractivity (Wildman–Crippen MR) is 42.9 cm³/mol. The summed E-state index contributed by atoms with van der Waals surface area (Å²) in [5, 5.41) is 25.7. The molecule has 0 saturated carbocycles. The summed E-state index contributed by atoms with van der Waals surface area (Å²) in [6.45, 7) is -0.458. The highest BCUT2D eigenvalue weighted by molar-refractivity contribution is 5.90. The van der Waals surface area contributed by atoms with Crippen LogP contribution in [0.5, 0.6) is 0 Å². The van der Waals surface area contributed by atoms with Gasteiger partial charge in [0.05, 0.1) is 0 Å². The monoisotopic (exact) mass is 200 g/mol. The Kier molecular flexibility index (Phi) is 2.88. The summed E-state index contributed by atoms with van der Waals surface area (Å²) in [5.74, 6) is -2.58. The van der Waals surface area contributed by atoms with Gasteiger partial charge in [-0.25, -0.2) is 4.79 Å². The third-order valence-corrected chi connectivity index (χ3v) is 1.56. The Morgan fingerprint density at radius 1 is 1.36 bits per heavy atom. The van der Waals surface area contributed by atoms with E-state index in [4.69, 9.17) is 19.7 Å². The average Bonchev–Trinajstić information content (AvgIpc) is 2.46. The zero-order valence-corrected chi connectivity index (χ0v) is 7.06. The number of rotatable bonds is 4. The first kappa shape index (κ1) is 10.3. The molecule has 0 fully saturated rings. The number of aliphatic carboxylic acids is 1. The second kappa shape index (κ2) is 3.93. The van der Waals surface area contributed by atoms with E-state index in [0.29, 0.717) is 0 Å². The number of aliphatic hydroxyl groups excluding tert-OH is 1. The highest BCUT2D eigenvalue weighted by Gasteiger charge is 2.18. The first-order valence-electron chi connectivity index (χ1n) is 3.72. The van der Waals surface area contributed by atoms with Crippen LogP contribution in [-0.2, 0) is 17.8 Å². The zero-order chi connectivity index (χ0) is 10.7. The summed E-state index contributed by atoms with van der Waals surface area (Å²) in [6, 6.07) is 1.11. The molecule has 1 rings (SSSR count). The maximum Gasteiger partial charge on any atom is 0.339 e.